The van der Waals surface area contributed by atoms with Crippen LogP contribution in [-0.4, -0.2) is 10.8 Å². The molecule has 0 aromatic carbocycles. The molecule has 1 aromatic heterocycles. The van der Waals surface area contributed by atoms with Crippen molar-refractivity contribution in [1.29, 1.82) is 5.41 Å². The van der Waals surface area contributed by atoms with Crippen LogP contribution >= 0.6 is 11.3 Å². The van der Waals surface area contributed by atoms with Gasteiger partial charge in [0.25, 0.3) is 0 Å². The first-order chi connectivity index (χ1) is 4.20. The van der Waals surface area contributed by atoms with Crippen molar-refractivity contribution < 1.29 is 0 Å². The number of H-pyrrole nitrogens is 1. The highest BCUT2D eigenvalue weighted by molar-refractivity contribution is 7.07. The van der Waals surface area contributed by atoms with Gasteiger partial charge in [-0.2, -0.15) is 0 Å². The van der Waals surface area contributed by atoms with Crippen molar-refractivity contribution in [1.82, 2.24) is 4.98 Å². The second-order valence-electron chi connectivity index (χ2n) is 1.48. The van der Waals surface area contributed by atoms with Crippen LogP contribution < -0.4 is 10.6 Å². The maximum absolute atomic E-state index is 10.4. The van der Waals surface area contributed by atoms with Crippen LogP contribution in [0.3, 0.4) is 0 Å². The monoisotopic (exact) mass is 143 g/mol. The molecule has 4 N–H and O–H groups in total. The molecule has 4 nitrogen and oxygen atoms in total. The quantitative estimate of drug-likeness (QED) is 0.373. The summed E-state index contributed by atoms with van der Waals surface area (Å²) >= 11 is 1.00. The fourth-order valence-corrected chi connectivity index (χ4v) is 0.992. The fourth-order valence-electron chi connectivity index (χ4n) is 0.412. The number of rotatable bonds is 1. The molecule has 1 aromatic rings. The Balaban J connectivity index is 3.12. The molecule has 5 heteroatoms. The molecule has 1 rings (SSSR count). The SMILES string of the molecule is N=C(N)c1csc(=O)[nH]1. The summed E-state index contributed by atoms with van der Waals surface area (Å²) in [5, 5.41) is 8.38. The molecule has 0 aliphatic carbocycles. The Labute approximate surface area is 54.8 Å². The number of amidine groups is 1. The van der Waals surface area contributed by atoms with E-state index in [1.54, 1.807) is 0 Å². The van der Waals surface area contributed by atoms with E-state index in [9.17, 15) is 4.79 Å². The van der Waals surface area contributed by atoms with Gasteiger partial charge in [0.1, 0.15) is 5.84 Å². The Morgan fingerprint density at radius 2 is 2.56 bits per heavy atom. The highest BCUT2D eigenvalue weighted by Gasteiger charge is 1.96. The lowest BCUT2D eigenvalue weighted by atomic mass is 10.5. The first kappa shape index (κ1) is 6.03. The standard InChI is InChI=1S/C4H5N3OS/c5-3(6)2-1-9-4(8)7-2/h1H,(H3,5,6)(H,7,8). The fraction of sp³-hybridized carbons (Fsp3) is 0. The predicted octanol–water partition coefficient (Wildman–Crippen LogP) is -0.280. The van der Waals surface area contributed by atoms with E-state index in [0.29, 0.717) is 5.69 Å². The number of thiazole rings is 1. The average molecular weight is 143 g/mol. The molecule has 9 heavy (non-hydrogen) atoms. The van der Waals surface area contributed by atoms with Gasteiger partial charge in [0, 0.05) is 5.38 Å². The van der Waals surface area contributed by atoms with Crippen molar-refractivity contribution in [2.75, 3.05) is 0 Å². The Hall–Kier alpha value is -1.10. The molecule has 0 unspecified atom stereocenters. The molecule has 0 fully saturated rings. The van der Waals surface area contributed by atoms with Crippen LogP contribution in [-0.2, 0) is 0 Å². The molecule has 1 heterocycles. The van der Waals surface area contributed by atoms with Crippen LogP contribution in [0.1, 0.15) is 5.69 Å². The van der Waals surface area contributed by atoms with Gasteiger partial charge in [-0.05, 0) is 0 Å². The van der Waals surface area contributed by atoms with E-state index in [0.717, 1.165) is 11.3 Å². The lowest BCUT2D eigenvalue weighted by Crippen LogP contribution is -2.12. The van der Waals surface area contributed by atoms with Gasteiger partial charge in [-0.1, -0.05) is 11.3 Å². The van der Waals surface area contributed by atoms with Crippen LogP contribution in [0.4, 0.5) is 0 Å². The molecule has 0 saturated heterocycles. The van der Waals surface area contributed by atoms with Gasteiger partial charge in [-0.3, -0.25) is 10.2 Å². The van der Waals surface area contributed by atoms with Crippen molar-refractivity contribution in [3.05, 3.63) is 20.7 Å². The number of aromatic nitrogens is 1. The predicted molar refractivity (Wildman–Crippen MR) is 36.0 cm³/mol. The summed E-state index contributed by atoms with van der Waals surface area (Å²) in [5.74, 6) is -0.103. The van der Waals surface area contributed by atoms with Crippen molar-refractivity contribution in [2.45, 2.75) is 0 Å². The Morgan fingerprint density at radius 3 is 2.78 bits per heavy atom. The largest absolute Gasteiger partial charge is 0.382 e. The third-order valence-electron chi connectivity index (χ3n) is 0.811. The van der Waals surface area contributed by atoms with Crippen LogP contribution in [0.15, 0.2) is 10.2 Å². The van der Waals surface area contributed by atoms with Crippen LogP contribution in [0.5, 0.6) is 0 Å². The van der Waals surface area contributed by atoms with E-state index in [-0.39, 0.29) is 10.7 Å². The van der Waals surface area contributed by atoms with Crippen LogP contribution in [0.25, 0.3) is 0 Å². The first-order valence-corrected chi connectivity index (χ1v) is 3.10. The number of hydrogen-bond acceptors (Lipinski definition) is 3. The van der Waals surface area contributed by atoms with Gasteiger partial charge in [0.15, 0.2) is 0 Å². The summed E-state index contributed by atoms with van der Waals surface area (Å²) in [6.07, 6.45) is 0. The van der Waals surface area contributed by atoms with E-state index in [1.807, 2.05) is 0 Å². The van der Waals surface area contributed by atoms with Crippen molar-refractivity contribution >= 4 is 17.2 Å². The van der Waals surface area contributed by atoms with E-state index in [1.165, 1.54) is 5.38 Å². The van der Waals surface area contributed by atoms with E-state index < -0.39 is 0 Å². The minimum Gasteiger partial charge on any atom is -0.382 e. The smallest absolute Gasteiger partial charge is 0.305 e. The van der Waals surface area contributed by atoms with Gasteiger partial charge < -0.3 is 10.7 Å². The zero-order chi connectivity index (χ0) is 6.85. The molecule has 0 saturated carbocycles. The zero-order valence-electron chi connectivity index (χ0n) is 4.47. The molecule has 0 amide bonds. The molecule has 0 aliphatic heterocycles. The molecule has 48 valence electrons. The van der Waals surface area contributed by atoms with Crippen LogP contribution in [0, 0.1) is 5.41 Å². The third-order valence-corrected chi connectivity index (χ3v) is 1.48. The topological polar surface area (TPSA) is 82.7 Å². The van der Waals surface area contributed by atoms with E-state index >= 15 is 0 Å². The van der Waals surface area contributed by atoms with Gasteiger partial charge in [-0.15, -0.1) is 0 Å². The number of hydrogen-bond donors (Lipinski definition) is 3. The van der Waals surface area contributed by atoms with E-state index in [4.69, 9.17) is 11.1 Å². The Kier molecular flexibility index (Phi) is 1.35. The second kappa shape index (κ2) is 2.02. The molecule has 0 spiro atoms. The highest BCUT2D eigenvalue weighted by atomic mass is 32.1. The Morgan fingerprint density at radius 1 is 1.89 bits per heavy atom. The lowest BCUT2D eigenvalue weighted by Gasteiger charge is -1.85. The number of nitrogen functional groups attached to an aromatic ring is 1. The molecular formula is C4H5N3OS. The number of nitrogens with one attached hydrogen (secondary N) is 2. The summed E-state index contributed by atoms with van der Waals surface area (Å²) in [5.41, 5.74) is 5.44. The minimum absolute atomic E-state index is 0.103. The summed E-state index contributed by atoms with van der Waals surface area (Å²) < 4.78 is 0. The van der Waals surface area contributed by atoms with Crippen molar-refractivity contribution in [3.8, 4) is 0 Å². The van der Waals surface area contributed by atoms with Gasteiger partial charge >= 0.3 is 4.87 Å². The highest BCUT2D eigenvalue weighted by Crippen LogP contribution is 1.91. The van der Waals surface area contributed by atoms with Gasteiger partial charge in [0.2, 0.25) is 0 Å². The maximum atomic E-state index is 10.4. The number of aromatic amines is 1. The zero-order valence-corrected chi connectivity index (χ0v) is 5.29. The summed E-state index contributed by atoms with van der Waals surface area (Å²) in [4.78, 5) is 12.6. The Bertz CT molecular complexity index is 273. The summed E-state index contributed by atoms with van der Waals surface area (Å²) in [6, 6.07) is 0. The van der Waals surface area contributed by atoms with Crippen molar-refractivity contribution in [3.63, 3.8) is 0 Å². The third kappa shape index (κ3) is 1.17. The molecular weight excluding hydrogens is 138 g/mol. The van der Waals surface area contributed by atoms with E-state index in [2.05, 4.69) is 4.98 Å². The summed E-state index contributed by atoms with van der Waals surface area (Å²) in [6.45, 7) is 0. The van der Waals surface area contributed by atoms with Crippen LogP contribution in [0.2, 0.25) is 0 Å². The molecule has 0 radical (unpaired) electrons. The maximum Gasteiger partial charge on any atom is 0.305 e. The van der Waals surface area contributed by atoms with Crippen molar-refractivity contribution in [2.24, 2.45) is 5.73 Å². The molecule has 0 bridgehead atoms. The van der Waals surface area contributed by atoms with Gasteiger partial charge in [0.05, 0.1) is 5.69 Å². The molecule has 0 aliphatic rings. The minimum atomic E-state index is -0.180. The normalized spacial score (nSPS) is 9.33. The average Bonchev–Trinajstić information content (AvgIpc) is 2.14. The van der Waals surface area contributed by atoms with Gasteiger partial charge in [-0.25, -0.2) is 0 Å². The number of nitrogens with two attached hydrogens (primary N) is 1. The molecule has 0 atom stereocenters. The second-order valence-corrected chi connectivity index (χ2v) is 2.32. The first-order valence-electron chi connectivity index (χ1n) is 2.22. The summed E-state index contributed by atoms with van der Waals surface area (Å²) in [7, 11) is 0. The lowest BCUT2D eigenvalue weighted by molar-refractivity contribution is 1.27.